The molecule has 0 aliphatic rings. The summed E-state index contributed by atoms with van der Waals surface area (Å²) in [6.07, 6.45) is 0.606. The van der Waals surface area contributed by atoms with Crippen molar-refractivity contribution >= 4 is 10.0 Å². The van der Waals surface area contributed by atoms with E-state index in [1.165, 1.54) is 13.0 Å². The van der Waals surface area contributed by atoms with Gasteiger partial charge in [0.2, 0.25) is 10.0 Å². The predicted octanol–water partition coefficient (Wildman–Crippen LogP) is 1.57. The van der Waals surface area contributed by atoms with Gasteiger partial charge in [0.25, 0.3) is 0 Å². The predicted molar refractivity (Wildman–Crippen MR) is 67.2 cm³/mol. The third kappa shape index (κ3) is 4.04. The SMILES string of the molecule is CCC[C@H](O)CNS(=O)(=O)c1ccc(F)cc1C. The van der Waals surface area contributed by atoms with Crippen LogP contribution >= 0.6 is 0 Å². The van der Waals surface area contributed by atoms with Gasteiger partial charge in [-0.05, 0) is 37.1 Å². The lowest BCUT2D eigenvalue weighted by atomic mass is 10.2. The van der Waals surface area contributed by atoms with Crippen LogP contribution in [0.1, 0.15) is 25.3 Å². The number of benzene rings is 1. The van der Waals surface area contributed by atoms with Crippen molar-refractivity contribution in [1.82, 2.24) is 4.72 Å². The summed E-state index contributed by atoms with van der Waals surface area (Å²) in [4.78, 5) is 0.0348. The number of nitrogens with one attached hydrogen (secondary N) is 1. The second-order valence-electron chi connectivity index (χ2n) is 4.20. The molecule has 1 atom stereocenters. The van der Waals surface area contributed by atoms with Gasteiger partial charge in [-0.25, -0.2) is 17.5 Å². The fraction of sp³-hybridized carbons (Fsp3) is 0.500. The van der Waals surface area contributed by atoms with Gasteiger partial charge in [0.05, 0.1) is 11.0 Å². The van der Waals surface area contributed by atoms with Crippen LogP contribution in [0.3, 0.4) is 0 Å². The molecule has 0 aliphatic carbocycles. The number of aliphatic hydroxyl groups is 1. The van der Waals surface area contributed by atoms with Crippen molar-refractivity contribution in [2.45, 2.75) is 37.7 Å². The highest BCUT2D eigenvalue weighted by molar-refractivity contribution is 7.89. The number of rotatable bonds is 6. The fourth-order valence-electron chi connectivity index (χ4n) is 1.63. The standard InChI is InChI=1S/C12H18FNO3S/c1-3-4-11(15)8-14-18(16,17)12-6-5-10(13)7-9(12)2/h5-7,11,14-15H,3-4,8H2,1-2H3/t11-/m0/s1. The van der Waals surface area contributed by atoms with Gasteiger partial charge >= 0.3 is 0 Å². The molecule has 0 radical (unpaired) electrons. The third-order valence-corrected chi connectivity index (χ3v) is 4.14. The van der Waals surface area contributed by atoms with E-state index < -0.39 is 21.9 Å². The lowest BCUT2D eigenvalue weighted by Crippen LogP contribution is -2.32. The molecule has 102 valence electrons. The maximum absolute atomic E-state index is 12.9. The molecule has 0 spiro atoms. The molecular formula is C12H18FNO3S. The Labute approximate surface area is 107 Å². The van der Waals surface area contributed by atoms with Gasteiger partial charge in [0, 0.05) is 6.54 Å². The zero-order valence-corrected chi connectivity index (χ0v) is 11.3. The number of halogens is 1. The van der Waals surface area contributed by atoms with Crippen LogP contribution in [0.5, 0.6) is 0 Å². The molecular weight excluding hydrogens is 257 g/mol. The lowest BCUT2D eigenvalue weighted by molar-refractivity contribution is 0.167. The van der Waals surface area contributed by atoms with Crippen LogP contribution in [0, 0.1) is 12.7 Å². The van der Waals surface area contributed by atoms with Gasteiger partial charge in [-0.1, -0.05) is 13.3 Å². The van der Waals surface area contributed by atoms with E-state index in [-0.39, 0.29) is 11.4 Å². The summed E-state index contributed by atoms with van der Waals surface area (Å²) in [6.45, 7) is 3.40. The molecule has 6 heteroatoms. The number of aryl methyl sites for hydroxylation is 1. The molecule has 0 saturated carbocycles. The van der Waals surface area contributed by atoms with E-state index in [9.17, 15) is 17.9 Å². The highest BCUT2D eigenvalue weighted by Gasteiger charge is 2.18. The summed E-state index contributed by atoms with van der Waals surface area (Å²) >= 11 is 0. The summed E-state index contributed by atoms with van der Waals surface area (Å²) in [5.41, 5.74) is 0.340. The average molecular weight is 275 g/mol. The average Bonchev–Trinajstić information content (AvgIpc) is 2.26. The zero-order chi connectivity index (χ0) is 13.8. The molecule has 4 nitrogen and oxygen atoms in total. The first-order valence-electron chi connectivity index (χ1n) is 5.80. The Kier molecular flexibility index (Phi) is 5.25. The second-order valence-corrected chi connectivity index (χ2v) is 5.94. The minimum atomic E-state index is -3.70. The largest absolute Gasteiger partial charge is 0.392 e. The normalized spacial score (nSPS) is 13.6. The first kappa shape index (κ1) is 15.1. The van der Waals surface area contributed by atoms with Gasteiger partial charge < -0.3 is 5.11 Å². The van der Waals surface area contributed by atoms with Gasteiger partial charge in [-0.2, -0.15) is 0 Å². The van der Waals surface area contributed by atoms with E-state index in [1.54, 1.807) is 0 Å². The molecule has 0 unspecified atom stereocenters. The van der Waals surface area contributed by atoms with Crippen molar-refractivity contribution in [3.8, 4) is 0 Å². The maximum Gasteiger partial charge on any atom is 0.240 e. The maximum atomic E-state index is 12.9. The quantitative estimate of drug-likeness (QED) is 0.828. The van der Waals surface area contributed by atoms with Crippen LogP contribution in [-0.2, 0) is 10.0 Å². The third-order valence-electron chi connectivity index (χ3n) is 2.56. The van der Waals surface area contributed by atoms with Gasteiger partial charge in [0.1, 0.15) is 5.82 Å². The topological polar surface area (TPSA) is 66.4 Å². The summed E-state index contributed by atoms with van der Waals surface area (Å²) in [5.74, 6) is -0.475. The summed E-state index contributed by atoms with van der Waals surface area (Å²) in [5, 5.41) is 9.49. The van der Waals surface area contributed by atoms with Gasteiger partial charge in [-0.3, -0.25) is 0 Å². The molecule has 1 rings (SSSR count). The van der Waals surface area contributed by atoms with E-state index in [4.69, 9.17) is 0 Å². The molecule has 0 bridgehead atoms. The highest BCUT2D eigenvalue weighted by atomic mass is 32.2. The van der Waals surface area contributed by atoms with Crippen molar-refractivity contribution in [2.24, 2.45) is 0 Å². The number of hydrogen-bond donors (Lipinski definition) is 2. The van der Waals surface area contributed by atoms with E-state index in [0.717, 1.165) is 18.6 Å². The number of hydrogen-bond acceptors (Lipinski definition) is 3. The Morgan fingerprint density at radius 1 is 1.44 bits per heavy atom. The number of aliphatic hydroxyl groups excluding tert-OH is 1. The lowest BCUT2D eigenvalue weighted by Gasteiger charge is -2.12. The van der Waals surface area contributed by atoms with E-state index in [1.807, 2.05) is 6.92 Å². The van der Waals surface area contributed by atoms with Gasteiger partial charge in [-0.15, -0.1) is 0 Å². The summed E-state index contributed by atoms with van der Waals surface area (Å²) < 4.78 is 39.1. The van der Waals surface area contributed by atoms with Crippen molar-refractivity contribution in [1.29, 1.82) is 0 Å². The molecule has 18 heavy (non-hydrogen) atoms. The van der Waals surface area contributed by atoms with Crippen LogP contribution in [0.4, 0.5) is 4.39 Å². The van der Waals surface area contributed by atoms with E-state index >= 15 is 0 Å². The van der Waals surface area contributed by atoms with Crippen LogP contribution in [-0.4, -0.2) is 26.2 Å². The van der Waals surface area contributed by atoms with Crippen molar-refractivity contribution in [3.05, 3.63) is 29.6 Å². The Balaban J connectivity index is 2.80. The van der Waals surface area contributed by atoms with Crippen molar-refractivity contribution in [2.75, 3.05) is 6.54 Å². The second kappa shape index (κ2) is 6.26. The zero-order valence-electron chi connectivity index (χ0n) is 10.5. The van der Waals surface area contributed by atoms with E-state index in [0.29, 0.717) is 12.0 Å². The minimum absolute atomic E-state index is 0.0347. The number of sulfonamides is 1. The molecule has 0 fully saturated rings. The van der Waals surface area contributed by atoms with Crippen LogP contribution in [0.15, 0.2) is 23.1 Å². The minimum Gasteiger partial charge on any atom is -0.392 e. The molecule has 0 amide bonds. The molecule has 1 aromatic carbocycles. The smallest absolute Gasteiger partial charge is 0.240 e. The van der Waals surface area contributed by atoms with Crippen LogP contribution in [0.25, 0.3) is 0 Å². The molecule has 1 aromatic rings. The van der Waals surface area contributed by atoms with Gasteiger partial charge in [0.15, 0.2) is 0 Å². The Morgan fingerprint density at radius 3 is 2.67 bits per heavy atom. The highest BCUT2D eigenvalue weighted by Crippen LogP contribution is 2.15. The molecule has 0 aromatic heterocycles. The summed E-state index contributed by atoms with van der Waals surface area (Å²) in [7, 11) is -3.70. The van der Waals surface area contributed by atoms with Crippen LogP contribution in [0.2, 0.25) is 0 Å². The molecule has 0 aliphatic heterocycles. The van der Waals surface area contributed by atoms with Crippen molar-refractivity contribution < 1.29 is 17.9 Å². The Morgan fingerprint density at radius 2 is 2.11 bits per heavy atom. The Hall–Kier alpha value is -0.980. The fourth-order valence-corrected chi connectivity index (χ4v) is 2.93. The first-order valence-corrected chi connectivity index (χ1v) is 7.29. The molecule has 2 N–H and O–H groups in total. The molecule has 0 heterocycles. The molecule has 0 saturated heterocycles. The van der Waals surface area contributed by atoms with E-state index in [2.05, 4.69) is 4.72 Å². The monoisotopic (exact) mass is 275 g/mol. The Bertz CT molecular complexity index is 502. The van der Waals surface area contributed by atoms with Crippen molar-refractivity contribution in [3.63, 3.8) is 0 Å². The first-order chi connectivity index (χ1) is 8.36. The summed E-state index contributed by atoms with van der Waals surface area (Å²) in [6, 6.07) is 3.49. The van der Waals surface area contributed by atoms with Crippen LogP contribution < -0.4 is 4.72 Å².